The summed E-state index contributed by atoms with van der Waals surface area (Å²) in [5, 5.41) is 2.75. The van der Waals surface area contributed by atoms with Gasteiger partial charge in [0.1, 0.15) is 5.82 Å². The molecular weight excluding hydrogens is 309 g/mol. The van der Waals surface area contributed by atoms with Crippen LogP contribution in [-0.2, 0) is 9.53 Å². The van der Waals surface area contributed by atoms with Crippen LogP contribution in [0.1, 0.15) is 40.0 Å². The molecule has 2 aromatic rings. The standard InChI is InChI=1S/C19H20FNO3/c1-12-4-7-15(8-5-12)14(3)21-18(22)11-24-19(23)16-9-6-13(2)17(20)10-16/h4-10,14H,11H2,1-3H3,(H,21,22). The summed E-state index contributed by atoms with van der Waals surface area (Å²) < 4.78 is 18.4. The van der Waals surface area contributed by atoms with Gasteiger partial charge in [0, 0.05) is 0 Å². The number of benzene rings is 2. The van der Waals surface area contributed by atoms with Crippen LogP contribution in [0.25, 0.3) is 0 Å². The van der Waals surface area contributed by atoms with Gasteiger partial charge in [-0.1, -0.05) is 35.9 Å². The number of ether oxygens (including phenoxy) is 1. The Morgan fingerprint density at radius 2 is 1.79 bits per heavy atom. The highest BCUT2D eigenvalue weighted by Crippen LogP contribution is 2.13. The van der Waals surface area contributed by atoms with Gasteiger partial charge in [-0.05, 0) is 44.0 Å². The van der Waals surface area contributed by atoms with Gasteiger partial charge in [-0.3, -0.25) is 4.79 Å². The summed E-state index contributed by atoms with van der Waals surface area (Å²) in [5.41, 5.74) is 2.62. The molecule has 0 spiro atoms. The number of aryl methyl sites for hydroxylation is 2. The van der Waals surface area contributed by atoms with Crippen LogP contribution in [0.5, 0.6) is 0 Å². The van der Waals surface area contributed by atoms with E-state index in [-0.39, 0.29) is 11.6 Å². The Hall–Kier alpha value is -2.69. The molecule has 0 heterocycles. The van der Waals surface area contributed by atoms with Gasteiger partial charge in [0.2, 0.25) is 0 Å². The lowest BCUT2D eigenvalue weighted by Gasteiger charge is -2.14. The Kier molecular flexibility index (Phi) is 5.68. The number of halogens is 1. The maximum absolute atomic E-state index is 13.4. The van der Waals surface area contributed by atoms with E-state index in [0.717, 1.165) is 17.2 Å². The Morgan fingerprint density at radius 3 is 2.42 bits per heavy atom. The molecule has 1 amide bonds. The van der Waals surface area contributed by atoms with Crippen molar-refractivity contribution in [2.75, 3.05) is 6.61 Å². The molecule has 2 aromatic carbocycles. The average molecular weight is 329 g/mol. The van der Waals surface area contributed by atoms with Gasteiger partial charge in [-0.15, -0.1) is 0 Å². The van der Waals surface area contributed by atoms with Gasteiger partial charge in [0.25, 0.3) is 5.91 Å². The number of amides is 1. The molecule has 0 saturated heterocycles. The molecule has 5 heteroatoms. The van der Waals surface area contributed by atoms with Crippen molar-refractivity contribution in [3.05, 3.63) is 70.5 Å². The molecule has 126 valence electrons. The number of rotatable bonds is 5. The van der Waals surface area contributed by atoms with E-state index in [2.05, 4.69) is 5.32 Å². The van der Waals surface area contributed by atoms with E-state index in [1.807, 2.05) is 38.1 Å². The molecule has 1 atom stereocenters. The lowest BCUT2D eigenvalue weighted by molar-refractivity contribution is -0.124. The zero-order valence-corrected chi connectivity index (χ0v) is 13.9. The van der Waals surface area contributed by atoms with Crippen molar-refractivity contribution in [3.8, 4) is 0 Å². The summed E-state index contributed by atoms with van der Waals surface area (Å²) in [6.07, 6.45) is 0. The predicted molar refractivity (Wildman–Crippen MR) is 89.2 cm³/mol. The van der Waals surface area contributed by atoms with Gasteiger partial charge in [-0.2, -0.15) is 0 Å². The third-order valence-electron chi connectivity index (χ3n) is 3.70. The third kappa shape index (κ3) is 4.65. The topological polar surface area (TPSA) is 55.4 Å². The number of esters is 1. The Labute approximate surface area is 140 Å². The number of carbonyl (C=O) groups is 2. The summed E-state index contributed by atoms with van der Waals surface area (Å²) in [6, 6.07) is 11.6. The Balaban J connectivity index is 1.87. The average Bonchev–Trinajstić information content (AvgIpc) is 2.55. The normalized spacial score (nSPS) is 11.7. The second kappa shape index (κ2) is 7.73. The molecule has 0 aliphatic rings. The molecule has 4 nitrogen and oxygen atoms in total. The molecule has 0 saturated carbocycles. The summed E-state index contributed by atoms with van der Waals surface area (Å²) in [5.74, 6) is -1.63. The van der Waals surface area contributed by atoms with Crippen molar-refractivity contribution in [3.63, 3.8) is 0 Å². The van der Waals surface area contributed by atoms with Gasteiger partial charge in [0.05, 0.1) is 11.6 Å². The van der Waals surface area contributed by atoms with Gasteiger partial charge in [0.15, 0.2) is 6.61 Å². The van der Waals surface area contributed by atoms with Crippen molar-refractivity contribution in [2.45, 2.75) is 26.8 Å². The number of hydrogen-bond acceptors (Lipinski definition) is 3. The molecular formula is C19H20FNO3. The summed E-state index contributed by atoms with van der Waals surface area (Å²) in [6.45, 7) is 5.02. The lowest BCUT2D eigenvalue weighted by Crippen LogP contribution is -2.31. The molecule has 1 N–H and O–H groups in total. The molecule has 0 bridgehead atoms. The van der Waals surface area contributed by atoms with E-state index in [1.54, 1.807) is 6.92 Å². The second-order valence-electron chi connectivity index (χ2n) is 5.74. The number of hydrogen-bond donors (Lipinski definition) is 1. The fraction of sp³-hybridized carbons (Fsp3) is 0.263. The van der Waals surface area contributed by atoms with Crippen LogP contribution in [0.2, 0.25) is 0 Å². The van der Waals surface area contributed by atoms with E-state index >= 15 is 0 Å². The predicted octanol–water partition coefficient (Wildman–Crippen LogP) is 3.48. The van der Waals surface area contributed by atoms with Crippen molar-refractivity contribution >= 4 is 11.9 Å². The van der Waals surface area contributed by atoms with Crippen LogP contribution in [0.15, 0.2) is 42.5 Å². The van der Waals surface area contributed by atoms with Gasteiger partial charge < -0.3 is 10.1 Å². The number of nitrogens with one attached hydrogen (secondary N) is 1. The molecule has 0 aromatic heterocycles. The van der Waals surface area contributed by atoms with E-state index in [1.165, 1.54) is 12.1 Å². The quantitative estimate of drug-likeness (QED) is 0.855. The molecule has 0 aliphatic carbocycles. The third-order valence-corrected chi connectivity index (χ3v) is 3.70. The lowest BCUT2D eigenvalue weighted by atomic mass is 10.1. The first-order chi connectivity index (χ1) is 11.4. The summed E-state index contributed by atoms with van der Waals surface area (Å²) in [4.78, 5) is 23.7. The van der Waals surface area contributed by atoms with E-state index in [4.69, 9.17) is 4.74 Å². The second-order valence-corrected chi connectivity index (χ2v) is 5.74. The fourth-order valence-corrected chi connectivity index (χ4v) is 2.16. The highest BCUT2D eigenvalue weighted by molar-refractivity contribution is 5.91. The first-order valence-corrected chi connectivity index (χ1v) is 7.66. The van der Waals surface area contributed by atoms with Crippen LogP contribution in [0.4, 0.5) is 4.39 Å². The molecule has 0 radical (unpaired) electrons. The Bertz CT molecular complexity index is 741. The highest BCUT2D eigenvalue weighted by atomic mass is 19.1. The Morgan fingerprint density at radius 1 is 1.12 bits per heavy atom. The monoisotopic (exact) mass is 329 g/mol. The van der Waals surface area contributed by atoms with E-state index in [9.17, 15) is 14.0 Å². The highest BCUT2D eigenvalue weighted by Gasteiger charge is 2.14. The van der Waals surface area contributed by atoms with Crippen LogP contribution < -0.4 is 5.32 Å². The van der Waals surface area contributed by atoms with Crippen molar-refractivity contribution in [1.82, 2.24) is 5.32 Å². The van der Waals surface area contributed by atoms with Gasteiger partial charge in [-0.25, -0.2) is 9.18 Å². The van der Waals surface area contributed by atoms with Crippen LogP contribution in [0.3, 0.4) is 0 Å². The van der Waals surface area contributed by atoms with E-state index < -0.39 is 24.3 Å². The van der Waals surface area contributed by atoms with Crippen molar-refractivity contribution in [2.24, 2.45) is 0 Å². The maximum Gasteiger partial charge on any atom is 0.338 e. The minimum absolute atomic E-state index is 0.0810. The van der Waals surface area contributed by atoms with Crippen LogP contribution in [-0.4, -0.2) is 18.5 Å². The molecule has 0 fully saturated rings. The summed E-state index contributed by atoms with van der Waals surface area (Å²) in [7, 11) is 0. The molecule has 24 heavy (non-hydrogen) atoms. The first-order valence-electron chi connectivity index (χ1n) is 7.66. The minimum atomic E-state index is -0.730. The molecule has 0 aliphatic heterocycles. The zero-order chi connectivity index (χ0) is 17.7. The molecule has 2 rings (SSSR count). The van der Waals surface area contributed by atoms with Crippen molar-refractivity contribution < 1.29 is 18.7 Å². The first kappa shape index (κ1) is 17.7. The molecule has 1 unspecified atom stereocenters. The smallest absolute Gasteiger partial charge is 0.338 e. The van der Waals surface area contributed by atoms with Crippen molar-refractivity contribution in [1.29, 1.82) is 0 Å². The fourth-order valence-electron chi connectivity index (χ4n) is 2.16. The van der Waals surface area contributed by atoms with Crippen LogP contribution in [0, 0.1) is 19.7 Å². The summed E-state index contributed by atoms with van der Waals surface area (Å²) >= 11 is 0. The zero-order valence-electron chi connectivity index (χ0n) is 13.9. The van der Waals surface area contributed by atoms with Gasteiger partial charge >= 0.3 is 5.97 Å². The van der Waals surface area contributed by atoms with Crippen LogP contribution >= 0.6 is 0 Å². The minimum Gasteiger partial charge on any atom is -0.452 e. The number of carbonyl (C=O) groups excluding carboxylic acids is 2. The van der Waals surface area contributed by atoms with E-state index in [0.29, 0.717) is 5.56 Å². The SMILES string of the molecule is Cc1ccc(C(C)NC(=O)COC(=O)c2ccc(C)c(F)c2)cc1. The largest absolute Gasteiger partial charge is 0.452 e. The maximum atomic E-state index is 13.4.